The fraction of sp³-hybridized carbons (Fsp3) is 0.250. The highest BCUT2D eigenvalue weighted by Crippen LogP contribution is 2.43. The quantitative estimate of drug-likeness (QED) is 0.380. The maximum absolute atomic E-state index is 5.91. The molecule has 0 bridgehead atoms. The van der Waals surface area contributed by atoms with Crippen LogP contribution in [-0.2, 0) is 6.54 Å². The molecule has 1 aliphatic rings. The first-order valence-corrected chi connectivity index (χ1v) is 12.0. The van der Waals surface area contributed by atoms with Gasteiger partial charge in [-0.3, -0.25) is 9.97 Å². The van der Waals surface area contributed by atoms with Gasteiger partial charge in [0, 0.05) is 42.2 Å². The number of hydrogen-bond donors (Lipinski definition) is 1. The van der Waals surface area contributed by atoms with Gasteiger partial charge >= 0.3 is 0 Å². The summed E-state index contributed by atoms with van der Waals surface area (Å²) in [4.78, 5) is 11.1. The Hall–Kier alpha value is -3.51. The van der Waals surface area contributed by atoms with Gasteiger partial charge in [-0.2, -0.15) is 0 Å². The molecule has 0 amide bonds. The highest BCUT2D eigenvalue weighted by atomic mass is 32.1. The third-order valence-corrected chi connectivity index (χ3v) is 7.20. The van der Waals surface area contributed by atoms with Gasteiger partial charge in [-0.25, -0.2) is 0 Å². The predicted octanol–water partition coefficient (Wildman–Crippen LogP) is 5.74. The van der Waals surface area contributed by atoms with Crippen LogP contribution >= 0.6 is 12.2 Å². The molecule has 1 aromatic carbocycles. The summed E-state index contributed by atoms with van der Waals surface area (Å²) < 4.78 is 2.38. The summed E-state index contributed by atoms with van der Waals surface area (Å²) in [7, 11) is 0. The Balaban J connectivity index is 1.63. The van der Waals surface area contributed by atoms with E-state index in [0.717, 1.165) is 23.0 Å². The predicted molar refractivity (Wildman–Crippen MR) is 141 cm³/mol. The number of anilines is 1. The Morgan fingerprint density at radius 1 is 0.912 bits per heavy atom. The molecule has 2 atom stereocenters. The zero-order valence-corrected chi connectivity index (χ0v) is 20.8. The molecule has 4 heterocycles. The molecule has 1 N–H and O–H groups in total. The molecule has 34 heavy (non-hydrogen) atoms. The molecule has 5 rings (SSSR count). The van der Waals surface area contributed by atoms with Crippen molar-refractivity contribution >= 4 is 23.0 Å². The van der Waals surface area contributed by atoms with Crippen molar-refractivity contribution in [2.75, 3.05) is 4.90 Å². The maximum atomic E-state index is 5.91. The average molecular weight is 468 g/mol. The van der Waals surface area contributed by atoms with Crippen LogP contribution in [0.4, 0.5) is 5.69 Å². The summed E-state index contributed by atoms with van der Waals surface area (Å²) in [6.07, 6.45) is 5.55. The number of aryl methyl sites for hydroxylation is 3. The average Bonchev–Trinajstić information content (AvgIpc) is 3.33. The first kappa shape index (κ1) is 22.3. The first-order valence-electron chi connectivity index (χ1n) is 11.6. The van der Waals surface area contributed by atoms with E-state index in [2.05, 4.69) is 89.9 Å². The maximum Gasteiger partial charge on any atom is 0.174 e. The summed E-state index contributed by atoms with van der Waals surface area (Å²) in [5, 5.41) is 4.31. The van der Waals surface area contributed by atoms with Crippen molar-refractivity contribution in [2.45, 2.75) is 46.3 Å². The lowest BCUT2D eigenvalue weighted by molar-refractivity contribution is 0.563. The first-order chi connectivity index (χ1) is 16.4. The van der Waals surface area contributed by atoms with E-state index >= 15 is 0 Å². The number of thiocarbonyl (C=S) groups is 1. The van der Waals surface area contributed by atoms with Gasteiger partial charge in [-0.05, 0) is 105 Å². The SMILES string of the molecule is Cc1ccc(N2C(=S)N[C@H](c3ccccn3)[C@@H]2c2cc(C)n(Cc3ccncc3)c2C)cc1C. The lowest BCUT2D eigenvalue weighted by Gasteiger charge is -2.28. The monoisotopic (exact) mass is 467 g/mol. The van der Waals surface area contributed by atoms with Gasteiger partial charge < -0.3 is 14.8 Å². The summed E-state index contributed by atoms with van der Waals surface area (Å²) in [5.74, 6) is 0. The number of pyridine rings is 2. The molecule has 1 fully saturated rings. The van der Waals surface area contributed by atoms with E-state index in [-0.39, 0.29) is 12.1 Å². The minimum atomic E-state index is -0.0508. The van der Waals surface area contributed by atoms with Gasteiger partial charge in [0.25, 0.3) is 0 Å². The number of nitrogens with one attached hydrogen (secondary N) is 1. The van der Waals surface area contributed by atoms with Crippen molar-refractivity contribution < 1.29 is 0 Å². The van der Waals surface area contributed by atoms with Crippen molar-refractivity contribution in [1.82, 2.24) is 19.9 Å². The van der Waals surface area contributed by atoms with E-state index in [0.29, 0.717) is 0 Å². The Labute approximate surface area is 206 Å². The molecule has 0 saturated carbocycles. The summed E-state index contributed by atoms with van der Waals surface area (Å²) in [5.41, 5.74) is 9.56. The van der Waals surface area contributed by atoms with Crippen LogP contribution in [0.1, 0.15) is 51.4 Å². The topological polar surface area (TPSA) is 46.0 Å². The van der Waals surface area contributed by atoms with Crippen LogP contribution in [0.2, 0.25) is 0 Å². The molecule has 0 spiro atoms. The smallest absolute Gasteiger partial charge is 0.174 e. The van der Waals surface area contributed by atoms with Crippen LogP contribution in [0, 0.1) is 27.7 Å². The summed E-state index contributed by atoms with van der Waals surface area (Å²) in [6, 6.07) is 19.0. The second-order valence-corrected chi connectivity index (χ2v) is 9.42. The van der Waals surface area contributed by atoms with E-state index in [9.17, 15) is 0 Å². The number of benzene rings is 1. The summed E-state index contributed by atoms with van der Waals surface area (Å²) >= 11 is 5.91. The molecular formula is C28H29N5S. The van der Waals surface area contributed by atoms with Gasteiger partial charge in [0.05, 0.1) is 17.8 Å². The van der Waals surface area contributed by atoms with Crippen LogP contribution in [0.15, 0.2) is 73.2 Å². The highest BCUT2D eigenvalue weighted by Gasteiger charge is 2.42. The van der Waals surface area contributed by atoms with E-state index in [1.54, 1.807) is 0 Å². The Bertz CT molecular complexity index is 1330. The standard InChI is InChI=1S/C28H29N5S/c1-18-8-9-23(15-19(18)2)33-27(26(31-28(33)34)25-7-5-6-12-30-25)24-16-20(3)32(21(24)4)17-22-10-13-29-14-11-22/h5-16,26-27H,17H2,1-4H3,(H,31,34)/t26-,27+/m1/s1. The Morgan fingerprint density at radius 3 is 2.41 bits per heavy atom. The van der Waals surface area contributed by atoms with Crippen LogP contribution < -0.4 is 10.2 Å². The van der Waals surface area contributed by atoms with Crippen LogP contribution in [0.3, 0.4) is 0 Å². The molecule has 0 radical (unpaired) electrons. The van der Waals surface area contributed by atoms with Crippen molar-refractivity contribution in [3.8, 4) is 0 Å². The molecular weight excluding hydrogens is 438 g/mol. The van der Waals surface area contributed by atoms with Crippen molar-refractivity contribution in [1.29, 1.82) is 0 Å². The minimum Gasteiger partial charge on any atom is -0.351 e. The molecule has 3 aromatic heterocycles. The van der Waals surface area contributed by atoms with Gasteiger partial charge in [0.2, 0.25) is 0 Å². The Morgan fingerprint density at radius 2 is 1.71 bits per heavy atom. The minimum absolute atomic E-state index is 0.0121. The van der Waals surface area contributed by atoms with Gasteiger partial charge in [-0.1, -0.05) is 12.1 Å². The molecule has 6 heteroatoms. The number of hydrogen-bond acceptors (Lipinski definition) is 3. The van der Waals surface area contributed by atoms with E-state index in [4.69, 9.17) is 17.2 Å². The lowest BCUT2D eigenvalue weighted by atomic mass is 9.96. The second-order valence-electron chi connectivity index (χ2n) is 9.03. The van der Waals surface area contributed by atoms with Gasteiger partial charge in [-0.15, -0.1) is 0 Å². The number of rotatable bonds is 5. The van der Waals surface area contributed by atoms with Crippen LogP contribution in [0.5, 0.6) is 0 Å². The van der Waals surface area contributed by atoms with Crippen molar-refractivity contribution in [3.63, 3.8) is 0 Å². The fourth-order valence-electron chi connectivity index (χ4n) is 4.87. The van der Waals surface area contributed by atoms with E-state index in [1.807, 2.05) is 30.7 Å². The van der Waals surface area contributed by atoms with E-state index < -0.39 is 0 Å². The molecule has 172 valence electrons. The van der Waals surface area contributed by atoms with Crippen molar-refractivity contribution in [2.24, 2.45) is 0 Å². The second kappa shape index (κ2) is 9.03. The third kappa shape index (κ3) is 3.99. The van der Waals surface area contributed by atoms with Crippen molar-refractivity contribution in [3.05, 3.63) is 113 Å². The van der Waals surface area contributed by atoms with E-state index in [1.165, 1.54) is 33.6 Å². The zero-order chi connectivity index (χ0) is 23.8. The normalized spacial score (nSPS) is 17.8. The third-order valence-electron chi connectivity index (χ3n) is 6.89. The molecule has 0 aliphatic carbocycles. The molecule has 1 saturated heterocycles. The molecule has 4 aromatic rings. The van der Waals surface area contributed by atoms with Gasteiger partial charge in [0.1, 0.15) is 0 Å². The molecule has 5 nitrogen and oxygen atoms in total. The lowest BCUT2D eigenvalue weighted by Crippen LogP contribution is -2.29. The number of aromatic nitrogens is 3. The fourth-order valence-corrected chi connectivity index (χ4v) is 5.21. The highest BCUT2D eigenvalue weighted by molar-refractivity contribution is 7.80. The largest absolute Gasteiger partial charge is 0.351 e. The van der Waals surface area contributed by atoms with Gasteiger partial charge in [0.15, 0.2) is 5.11 Å². The number of nitrogens with zero attached hydrogens (tertiary/aromatic N) is 4. The zero-order valence-electron chi connectivity index (χ0n) is 20.0. The molecule has 1 aliphatic heterocycles. The molecule has 0 unspecified atom stereocenters. The van der Waals surface area contributed by atoms with Crippen LogP contribution in [0.25, 0.3) is 0 Å². The summed E-state index contributed by atoms with van der Waals surface area (Å²) in [6.45, 7) is 9.48. The van der Waals surface area contributed by atoms with Crippen LogP contribution in [-0.4, -0.2) is 19.6 Å². The Kier molecular flexibility index (Phi) is 5.92.